The number of piperidine rings is 1. The minimum absolute atomic E-state index is 0.0770. The predicted octanol–water partition coefficient (Wildman–Crippen LogP) is 2.11. The molecule has 1 aliphatic carbocycles. The Morgan fingerprint density at radius 2 is 2.00 bits per heavy atom. The smallest absolute Gasteiger partial charge is 0.131 e. The quantitative estimate of drug-likeness (QED) is 0.866. The number of rotatable bonds is 3. The van der Waals surface area contributed by atoms with Gasteiger partial charge >= 0.3 is 0 Å². The van der Waals surface area contributed by atoms with Crippen LogP contribution in [-0.2, 0) is 6.42 Å². The lowest BCUT2D eigenvalue weighted by atomic mass is 10.0. The minimum Gasteiger partial charge on any atom is -0.356 e. The third-order valence-corrected chi connectivity index (χ3v) is 3.96. The normalized spacial score (nSPS) is 22.5. The summed E-state index contributed by atoms with van der Waals surface area (Å²) in [5.41, 5.74) is 7.65. The molecule has 0 spiro atoms. The highest BCUT2D eigenvalue weighted by molar-refractivity contribution is 5.48. The Morgan fingerprint density at radius 1 is 1.24 bits per heavy atom. The standard InChI is InChI=1S/C14H21N3/c15-14(6-7-14)11-12-5-4-8-16-13(12)17-9-2-1-3-10-17/h4-5,8H,1-3,6-7,9-11,15H2. The minimum atomic E-state index is 0.0770. The molecule has 2 N–H and O–H groups in total. The largest absolute Gasteiger partial charge is 0.356 e. The summed E-state index contributed by atoms with van der Waals surface area (Å²) < 4.78 is 0. The topological polar surface area (TPSA) is 42.1 Å². The molecule has 1 saturated heterocycles. The van der Waals surface area contributed by atoms with Crippen molar-refractivity contribution in [3.05, 3.63) is 23.9 Å². The maximum atomic E-state index is 6.23. The lowest BCUT2D eigenvalue weighted by Crippen LogP contribution is -2.32. The van der Waals surface area contributed by atoms with Crippen LogP contribution in [-0.4, -0.2) is 23.6 Å². The summed E-state index contributed by atoms with van der Waals surface area (Å²) in [6.07, 6.45) is 9.19. The van der Waals surface area contributed by atoms with E-state index in [1.54, 1.807) is 0 Å². The zero-order valence-electron chi connectivity index (χ0n) is 10.4. The van der Waals surface area contributed by atoms with Crippen molar-refractivity contribution in [3.8, 4) is 0 Å². The predicted molar refractivity (Wildman–Crippen MR) is 70.2 cm³/mol. The molecule has 0 radical (unpaired) electrons. The molecule has 2 heterocycles. The van der Waals surface area contributed by atoms with E-state index in [4.69, 9.17) is 5.73 Å². The summed E-state index contributed by atoms with van der Waals surface area (Å²) in [6, 6.07) is 4.23. The summed E-state index contributed by atoms with van der Waals surface area (Å²) in [6.45, 7) is 2.31. The van der Waals surface area contributed by atoms with E-state index in [0.29, 0.717) is 0 Å². The van der Waals surface area contributed by atoms with Gasteiger partial charge in [-0.15, -0.1) is 0 Å². The van der Waals surface area contributed by atoms with Gasteiger partial charge in [0.2, 0.25) is 0 Å². The van der Waals surface area contributed by atoms with E-state index in [9.17, 15) is 0 Å². The van der Waals surface area contributed by atoms with E-state index in [0.717, 1.165) is 19.5 Å². The zero-order chi connectivity index (χ0) is 11.7. The van der Waals surface area contributed by atoms with Gasteiger partial charge in [-0.05, 0) is 50.2 Å². The molecule has 1 saturated carbocycles. The number of hydrogen-bond acceptors (Lipinski definition) is 3. The molecule has 3 nitrogen and oxygen atoms in total. The van der Waals surface area contributed by atoms with E-state index >= 15 is 0 Å². The first-order valence-corrected chi connectivity index (χ1v) is 6.75. The van der Waals surface area contributed by atoms with Gasteiger partial charge in [0.05, 0.1) is 0 Å². The SMILES string of the molecule is NC1(Cc2cccnc2N2CCCCC2)CC1. The maximum absolute atomic E-state index is 6.23. The van der Waals surface area contributed by atoms with Crippen LogP contribution in [0, 0.1) is 0 Å². The van der Waals surface area contributed by atoms with Gasteiger partial charge in [0.25, 0.3) is 0 Å². The van der Waals surface area contributed by atoms with Crippen molar-refractivity contribution in [2.24, 2.45) is 5.73 Å². The molecule has 2 fully saturated rings. The molecular weight excluding hydrogens is 210 g/mol. The van der Waals surface area contributed by atoms with Gasteiger partial charge in [0.15, 0.2) is 0 Å². The first-order valence-electron chi connectivity index (χ1n) is 6.75. The van der Waals surface area contributed by atoms with Crippen LogP contribution in [0.2, 0.25) is 0 Å². The number of pyridine rings is 1. The van der Waals surface area contributed by atoms with Gasteiger partial charge in [-0.2, -0.15) is 0 Å². The maximum Gasteiger partial charge on any atom is 0.131 e. The second-order valence-corrected chi connectivity index (χ2v) is 5.57. The molecule has 0 bridgehead atoms. The highest BCUT2D eigenvalue weighted by Crippen LogP contribution is 2.37. The van der Waals surface area contributed by atoms with Crippen molar-refractivity contribution in [3.63, 3.8) is 0 Å². The summed E-state index contributed by atoms with van der Waals surface area (Å²) in [5, 5.41) is 0. The molecule has 1 aromatic rings. The number of anilines is 1. The lowest BCUT2D eigenvalue weighted by molar-refractivity contribution is 0.568. The third-order valence-electron chi connectivity index (χ3n) is 3.96. The van der Waals surface area contributed by atoms with Crippen molar-refractivity contribution in [2.45, 2.75) is 44.1 Å². The average Bonchev–Trinajstić information content (AvgIpc) is 3.09. The molecule has 0 unspecified atom stereocenters. The molecule has 3 heteroatoms. The first kappa shape index (κ1) is 11.0. The van der Waals surface area contributed by atoms with E-state index in [1.807, 2.05) is 12.3 Å². The second-order valence-electron chi connectivity index (χ2n) is 5.57. The van der Waals surface area contributed by atoms with Crippen molar-refractivity contribution in [1.29, 1.82) is 0 Å². The van der Waals surface area contributed by atoms with E-state index < -0.39 is 0 Å². The van der Waals surface area contributed by atoms with Crippen LogP contribution in [0.15, 0.2) is 18.3 Å². The molecule has 2 aliphatic rings. The first-order chi connectivity index (χ1) is 8.27. The molecule has 3 rings (SSSR count). The van der Waals surface area contributed by atoms with E-state index in [-0.39, 0.29) is 5.54 Å². The van der Waals surface area contributed by atoms with Gasteiger partial charge in [-0.1, -0.05) is 6.07 Å². The molecule has 92 valence electrons. The highest BCUT2D eigenvalue weighted by Gasteiger charge is 2.39. The Balaban J connectivity index is 1.81. The Hall–Kier alpha value is -1.09. The number of aromatic nitrogens is 1. The average molecular weight is 231 g/mol. The van der Waals surface area contributed by atoms with E-state index in [1.165, 1.54) is 43.5 Å². The summed E-state index contributed by atoms with van der Waals surface area (Å²) in [4.78, 5) is 7.02. The number of hydrogen-bond donors (Lipinski definition) is 1. The fourth-order valence-corrected chi connectivity index (χ4v) is 2.68. The van der Waals surface area contributed by atoms with Crippen LogP contribution in [0.5, 0.6) is 0 Å². The summed E-state index contributed by atoms with van der Waals surface area (Å²) in [5.74, 6) is 1.18. The number of nitrogens with zero attached hydrogens (tertiary/aromatic N) is 2. The van der Waals surface area contributed by atoms with Crippen LogP contribution in [0.3, 0.4) is 0 Å². The highest BCUT2D eigenvalue weighted by atomic mass is 15.2. The van der Waals surface area contributed by atoms with Crippen LogP contribution >= 0.6 is 0 Å². The Labute approximate surface area is 103 Å². The molecular formula is C14H21N3. The Bertz CT molecular complexity index is 392. The van der Waals surface area contributed by atoms with Gasteiger partial charge < -0.3 is 10.6 Å². The summed E-state index contributed by atoms with van der Waals surface area (Å²) >= 11 is 0. The second kappa shape index (κ2) is 4.30. The van der Waals surface area contributed by atoms with Crippen molar-refractivity contribution in [1.82, 2.24) is 4.98 Å². The Kier molecular flexibility index (Phi) is 2.79. The molecule has 17 heavy (non-hydrogen) atoms. The molecule has 1 aliphatic heterocycles. The summed E-state index contributed by atoms with van der Waals surface area (Å²) in [7, 11) is 0. The third kappa shape index (κ3) is 2.44. The lowest BCUT2D eigenvalue weighted by Gasteiger charge is -2.29. The van der Waals surface area contributed by atoms with Gasteiger partial charge in [0, 0.05) is 24.8 Å². The van der Waals surface area contributed by atoms with Crippen LogP contribution in [0.1, 0.15) is 37.7 Å². The number of nitrogens with two attached hydrogens (primary N) is 1. The van der Waals surface area contributed by atoms with Crippen LogP contribution in [0.4, 0.5) is 5.82 Å². The van der Waals surface area contributed by atoms with Gasteiger partial charge in [0.1, 0.15) is 5.82 Å². The fourth-order valence-electron chi connectivity index (χ4n) is 2.68. The van der Waals surface area contributed by atoms with Gasteiger partial charge in [-0.25, -0.2) is 4.98 Å². The van der Waals surface area contributed by atoms with Crippen LogP contribution in [0.25, 0.3) is 0 Å². The molecule has 0 atom stereocenters. The Morgan fingerprint density at radius 3 is 2.71 bits per heavy atom. The van der Waals surface area contributed by atoms with E-state index in [2.05, 4.69) is 16.0 Å². The van der Waals surface area contributed by atoms with Crippen molar-refractivity contribution in [2.75, 3.05) is 18.0 Å². The molecule has 0 amide bonds. The zero-order valence-corrected chi connectivity index (χ0v) is 10.4. The monoisotopic (exact) mass is 231 g/mol. The van der Waals surface area contributed by atoms with Crippen molar-refractivity contribution < 1.29 is 0 Å². The molecule has 1 aromatic heterocycles. The van der Waals surface area contributed by atoms with Crippen molar-refractivity contribution >= 4 is 5.82 Å². The van der Waals surface area contributed by atoms with Crippen LogP contribution < -0.4 is 10.6 Å². The molecule has 0 aromatic carbocycles. The van der Waals surface area contributed by atoms with Gasteiger partial charge in [-0.3, -0.25) is 0 Å². The fraction of sp³-hybridized carbons (Fsp3) is 0.643.